The zero-order valence-corrected chi connectivity index (χ0v) is 11.6. The lowest BCUT2D eigenvalue weighted by Gasteiger charge is -2.17. The van der Waals surface area contributed by atoms with Crippen LogP contribution in [0.1, 0.15) is 5.56 Å². The maximum atomic E-state index is 13.0. The van der Waals surface area contributed by atoms with E-state index in [-0.39, 0.29) is 17.2 Å². The maximum absolute atomic E-state index is 13.0. The van der Waals surface area contributed by atoms with Crippen LogP contribution in [0, 0.1) is 5.82 Å². The van der Waals surface area contributed by atoms with Gasteiger partial charge in [-0.15, -0.1) is 0 Å². The third-order valence-corrected chi connectivity index (χ3v) is 3.25. The molecule has 21 heavy (non-hydrogen) atoms. The van der Waals surface area contributed by atoms with Crippen LogP contribution in [0.15, 0.2) is 42.5 Å². The van der Waals surface area contributed by atoms with Crippen molar-refractivity contribution in [1.82, 2.24) is 0 Å². The zero-order chi connectivity index (χ0) is 15.4. The number of rotatable bonds is 5. The van der Waals surface area contributed by atoms with E-state index in [0.717, 1.165) is 11.6 Å². The first-order chi connectivity index (χ1) is 9.95. The predicted molar refractivity (Wildman–Crippen MR) is 78.3 cm³/mol. The highest BCUT2D eigenvalue weighted by Crippen LogP contribution is 2.24. The lowest BCUT2D eigenvalue weighted by molar-refractivity contribution is -0.137. The van der Waals surface area contributed by atoms with Gasteiger partial charge >= 0.3 is 5.97 Å². The summed E-state index contributed by atoms with van der Waals surface area (Å²) in [5.74, 6) is -1.43. The second kappa shape index (κ2) is 6.45. The number of hydrogen-bond acceptors (Lipinski definition) is 3. The van der Waals surface area contributed by atoms with Gasteiger partial charge in [0, 0.05) is 6.42 Å². The molecule has 4 nitrogen and oxygen atoms in total. The first-order valence-electron chi connectivity index (χ1n) is 6.18. The van der Waals surface area contributed by atoms with Crippen LogP contribution < -0.4 is 5.32 Å². The van der Waals surface area contributed by atoms with Gasteiger partial charge in [-0.05, 0) is 35.9 Å². The molecule has 0 aliphatic rings. The van der Waals surface area contributed by atoms with Crippen LogP contribution in [0.3, 0.4) is 0 Å². The summed E-state index contributed by atoms with van der Waals surface area (Å²) in [5, 5.41) is 21.4. The van der Waals surface area contributed by atoms with Crippen molar-refractivity contribution in [2.45, 2.75) is 12.5 Å². The number of anilines is 1. The predicted octanol–water partition coefficient (Wildman–Crippen LogP) is 3.29. The van der Waals surface area contributed by atoms with Gasteiger partial charge in [0.05, 0.1) is 10.7 Å². The second-order valence-corrected chi connectivity index (χ2v) is 4.94. The van der Waals surface area contributed by atoms with E-state index in [1.165, 1.54) is 24.3 Å². The van der Waals surface area contributed by atoms with Crippen LogP contribution in [0.5, 0.6) is 5.75 Å². The summed E-state index contributed by atoms with van der Waals surface area (Å²) in [6.45, 7) is 0. The Labute approximate surface area is 125 Å². The number of hydrogen-bond donors (Lipinski definition) is 3. The number of nitrogens with one attached hydrogen (secondary N) is 1. The zero-order valence-electron chi connectivity index (χ0n) is 10.9. The fraction of sp³-hybridized carbons (Fsp3) is 0.133. The van der Waals surface area contributed by atoms with Crippen LogP contribution in [0.25, 0.3) is 0 Å². The number of carbonyl (C=O) groups is 1. The average Bonchev–Trinajstić information content (AvgIpc) is 2.43. The maximum Gasteiger partial charge on any atom is 0.326 e. The summed E-state index contributed by atoms with van der Waals surface area (Å²) in [6, 6.07) is 9.04. The Bertz CT molecular complexity index is 646. The van der Waals surface area contributed by atoms with Crippen LogP contribution >= 0.6 is 11.6 Å². The molecule has 0 radical (unpaired) electrons. The Morgan fingerprint density at radius 2 is 1.90 bits per heavy atom. The Morgan fingerprint density at radius 1 is 1.24 bits per heavy atom. The van der Waals surface area contributed by atoms with Crippen LogP contribution in [0.4, 0.5) is 10.1 Å². The highest BCUT2D eigenvalue weighted by Gasteiger charge is 2.19. The SMILES string of the molecule is O=C(O)C(Cc1ccc(O)cc1)Nc1ccc(F)cc1Cl. The van der Waals surface area contributed by atoms with Crippen molar-refractivity contribution in [3.05, 3.63) is 58.9 Å². The fourth-order valence-electron chi connectivity index (χ4n) is 1.86. The molecule has 110 valence electrons. The van der Waals surface area contributed by atoms with Gasteiger partial charge in [-0.25, -0.2) is 9.18 Å². The van der Waals surface area contributed by atoms with E-state index in [1.54, 1.807) is 12.1 Å². The molecule has 2 rings (SSSR count). The van der Waals surface area contributed by atoms with Gasteiger partial charge in [-0.3, -0.25) is 0 Å². The summed E-state index contributed by atoms with van der Waals surface area (Å²) in [5.41, 5.74) is 1.09. The molecule has 0 saturated heterocycles. The number of aromatic hydroxyl groups is 1. The summed E-state index contributed by atoms with van der Waals surface area (Å²) < 4.78 is 13.0. The molecule has 0 aliphatic carbocycles. The van der Waals surface area contributed by atoms with Crippen molar-refractivity contribution in [3.8, 4) is 5.75 Å². The molecular weight excluding hydrogens is 297 g/mol. The summed E-state index contributed by atoms with van der Waals surface area (Å²) in [6.07, 6.45) is 0.198. The minimum Gasteiger partial charge on any atom is -0.508 e. The lowest BCUT2D eigenvalue weighted by Crippen LogP contribution is -2.31. The lowest BCUT2D eigenvalue weighted by atomic mass is 10.1. The normalized spacial score (nSPS) is 11.9. The molecule has 0 spiro atoms. The average molecular weight is 310 g/mol. The molecule has 0 saturated carbocycles. The largest absolute Gasteiger partial charge is 0.508 e. The van der Waals surface area contributed by atoms with Crippen LogP contribution in [0.2, 0.25) is 5.02 Å². The Kier molecular flexibility index (Phi) is 4.65. The van der Waals surface area contributed by atoms with Gasteiger partial charge in [0.2, 0.25) is 0 Å². The summed E-state index contributed by atoms with van der Waals surface area (Å²) in [4.78, 5) is 11.3. The number of halogens is 2. The van der Waals surface area contributed by atoms with E-state index in [9.17, 15) is 19.4 Å². The van der Waals surface area contributed by atoms with Crippen molar-refractivity contribution < 1.29 is 19.4 Å². The Morgan fingerprint density at radius 3 is 2.48 bits per heavy atom. The smallest absolute Gasteiger partial charge is 0.326 e. The second-order valence-electron chi connectivity index (χ2n) is 4.53. The number of aliphatic carboxylic acids is 1. The van der Waals surface area contributed by atoms with Crippen LogP contribution in [-0.4, -0.2) is 22.2 Å². The number of phenols is 1. The quantitative estimate of drug-likeness (QED) is 0.792. The molecule has 6 heteroatoms. The number of carboxylic acids is 1. The van der Waals surface area contributed by atoms with Gasteiger partial charge in [-0.2, -0.15) is 0 Å². The van der Waals surface area contributed by atoms with Crippen molar-refractivity contribution in [3.63, 3.8) is 0 Å². The molecule has 2 aromatic carbocycles. The van der Waals surface area contributed by atoms with Crippen molar-refractivity contribution in [1.29, 1.82) is 0 Å². The third kappa shape index (κ3) is 4.10. The summed E-state index contributed by atoms with van der Waals surface area (Å²) in [7, 11) is 0. The Hall–Kier alpha value is -2.27. The number of carboxylic acid groups (broad SMARTS) is 1. The van der Waals surface area contributed by atoms with E-state index >= 15 is 0 Å². The minimum absolute atomic E-state index is 0.111. The van der Waals surface area contributed by atoms with E-state index in [1.807, 2.05) is 0 Å². The molecule has 1 unspecified atom stereocenters. The molecule has 3 N–H and O–H groups in total. The number of phenolic OH excluding ortho intramolecular Hbond substituents is 1. The first-order valence-corrected chi connectivity index (χ1v) is 6.56. The van der Waals surface area contributed by atoms with E-state index < -0.39 is 17.8 Å². The highest BCUT2D eigenvalue weighted by atomic mass is 35.5. The molecule has 2 aromatic rings. The fourth-order valence-corrected chi connectivity index (χ4v) is 2.08. The molecule has 0 fully saturated rings. The van der Waals surface area contributed by atoms with Crippen LogP contribution in [-0.2, 0) is 11.2 Å². The highest BCUT2D eigenvalue weighted by molar-refractivity contribution is 6.33. The molecule has 0 amide bonds. The first kappa shape index (κ1) is 15.1. The monoisotopic (exact) mass is 309 g/mol. The Balaban J connectivity index is 2.15. The van der Waals surface area contributed by atoms with Crippen molar-refractivity contribution >= 4 is 23.3 Å². The molecule has 0 bridgehead atoms. The van der Waals surface area contributed by atoms with Crippen molar-refractivity contribution in [2.24, 2.45) is 0 Å². The van der Waals surface area contributed by atoms with E-state index in [4.69, 9.17) is 11.6 Å². The minimum atomic E-state index is -1.05. The third-order valence-electron chi connectivity index (χ3n) is 2.94. The van der Waals surface area contributed by atoms with Gasteiger partial charge < -0.3 is 15.5 Å². The van der Waals surface area contributed by atoms with E-state index in [0.29, 0.717) is 5.69 Å². The van der Waals surface area contributed by atoms with Gasteiger partial charge in [0.25, 0.3) is 0 Å². The molecule has 0 aromatic heterocycles. The molecule has 0 aliphatic heterocycles. The van der Waals surface area contributed by atoms with Gasteiger partial charge in [-0.1, -0.05) is 23.7 Å². The van der Waals surface area contributed by atoms with Crippen molar-refractivity contribution in [2.75, 3.05) is 5.32 Å². The molecule has 1 atom stereocenters. The van der Waals surface area contributed by atoms with Gasteiger partial charge in [0.15, 0.2) is 0 Å². The topological polar surface area (TPSA) is 69.6 Å². The molecule has 0 heterocycles. The van der Waals surface area contributed by atoms with E-state index in [2.05, 4.69) is 5.32 Å². The standard InChI is InChI=1S/C15H13ClFNO3/c16-12-8-10(17)3-6-13(12)18-14(15(20)21)7-9-1-4-11(19)5-2-9/h1-6,8,14,18-19H,7H2,(H,20,21). The summed E-state index contributed by atoms with van der Waals surface area (Å²) >= 11 is 5.87. The van der Waals surface area contributed by atoms with Gasteiger partial charge in [0.1, 0.15) is 17.6 Å². The number of benzene rings is 2. The molecular formula is C15H13ClFNO3.